The molecule has 1 aliphatic rings. The second-order valence-electron chi connectivity index (χ2n) is 6.66. The Morgan fingerprint density at radius 1 is 1.24 bits per heavy atom. The van der Waals surface area contributed by atoms with Crippen molar-refractivity contribution >= 4 is 23.4 Å². The van der Waals surface area contributed by atoms with Crippen molar-refractivity contribution in [3.63, 3.8) is 0 Å². The van der Waals surface area contributed by atoms with E-state index in [9.17, 15) is 9.18 Å². The third kappa shape index (κ3) is 5.16. The van der Waals surface area contributed by atoms with Gasteiger partial charge >= 0.3 is 0 Å². The second-order valence-corrected chi connectivity index (χ2v) is 6.66. The summed E-state index contributed by atoms with van der Waals surface area (Å²) in [6.07, 6.45) is 6.80. The summed E-state index contributed by atoms with van der Waals surface area (Å²) in [5, 5.41) is 2.68. The number of para-hydroxylation sites is 1. The number of carbonyl (C=O) groups is 1. The van der Waals surface area contributed by atoms with Crippen molar-refractivity contribution in [1.82, 2.24) is 0 Å². The lowest BCUT2D eigenvalue weighted by atomic mass is 10.2. The van der Waals surface area contributed by atoms with Crippen molar-refractivity contribution in [2.75, 3.05) is 37.0 Å². The predicted octanol–water partition coefficient (Wildman–Crippen LogP) is 4.65. The minimum absolute atomic E-state index is 0.217. The first kappa shape index (κ1) is 20.5. The number of nitrogens with one attached hydrogen (secondary N) is 1. The number of amides is 1. The van der Waals surface area contributed by atoms with E-state index in [4.69, 9.17) is 9.47 Å². The average molecular weight is 396 g/mol. The van der Waals surface area contributed by atoms with Crippen molar-refractivity contribution in [3.8, 4) is 11.5 Å². The molecule has 0 bridgehead atoms. The van der Waals surface area contributed by atoms with E-state index in [1.807, 2.05) is 12.1 Å². The van der Waals surface area contributed by atoms with Gasteiger partial charge in [0.15, 0.2) is 11.5 Å². The standard InChI is InChI=1S/C23H25FN2O3/c1-3-15-29-20-11-9-17(16-21(20)28-2)10-12-22(27)25-23-18(24)7-6-8-19(23)26-13-4-5-14-26/h3,6-12,16H,1,4-5,13-15H2,2H3,(H,25,27)/b12-10+. The van der Waals surface area contributed by atoms with Gasteiger partial charge in [-0.2, -0.15) is 0 Å². The molecule has 3 rings (SSSR count). The largest absolute Gasteiger partial charge is 0.493 e. The molecule has 0 aliphatic carbocycles. The van der Waals surface area contributed by atoms with Gasteiger partial charge < -0.3 is 19.7 Å². The second kappa shape index (κ2) is 9.78. The Balaban J connectivity index is 1.73. The zero-order chi connectivity index (χ0) is 20.6. The fraction of sp³-hybridized carbons (Fsp3) is 0.261. The van der Waals surface area contributed by atoms with Crippen LogP contribution in [-0.2, 0) is 4.79 Å². The van der Waals surface area contributed by atoms with Crippen LogP contribution in [0.3, 0.4) is 0 Å². The molecule has 0 unspecified atom stereocenters. The SMILES string of the molecule is C=CCOc1ccc(/C=C/C(=O)Nc2c(F)cccc2N2CCCC2)cc1OC. The van der Waals surface area contributed by atoms with Gasteiger partial charge in [-0.25, -0.2) is 4.39 Å². The molecule has 1 fully saturated rings. The maximum atomic E-state index is 14.4. The van der Waals surface area contributed by atoms with Crippen LogP contribution < -0.4 is 19.7 Å². The Kier molecular flexibility index (Phi) is 6.89. The van der Waals surface area contributed by atoms with Crippen molar-refractivity contribution in [3.05, 3.63) is 66.5 Å². The lowest BCUT2D eigenvalue weighted by Gasteiger charge is -2.21. The minimum Gasteiger partial charge on any atom is -0.493 e. The van der Waals surface area contributed by atoms with Gasteiger partial charge in [0.2, 0.25) is 5.91 Å². The first-order valence-corrected chi connectivity index (χ1v) is 9.56. The number of carbonyl (C=O) groups excluding carboxylic acids is 1. The summed E-state index contributed by atoms with van der Waals surface area (Å²) in [6, 6.07) is 10.2. The monoisotopic (exact) mass is 396 g/mol. The number of ether oxygens (including phenoxy) is 2. The number of hydrogen-bond acceptors (Lipinski definition) is 4. The topological polar surface area (TPSA) is 50.8 Å². The Morgan fingerprint density at radius 2 is 2.03 bits per heavy atom. The molecule has 152 valence electrons. The summed E-state index contributed by atoms with van der Waals surface area (Å²) in [5.74, 6) is 0.304. The molecule has 1 aliphatic heterocycles. The van der Waals surface area contributed by atoms with Crippen molar-refractivity contribution in [2.24, 2.45) is 0 Å². The van der Waals surface area contributed by atoms with Crippen LogP contribution in [0.4, 0.5) is 15.8 Å². The van der Waals surface area contributed by atoms with E-state index in [-0.39, 0.29) is 5.69 Å². The first-order valence-electron chi connectivity index (χ1n) is 9.56. The predicted molar refractivity (Wildman–Crippen MR) is 114 cm³/mol. The zero-order valence-electron chi connectivity index (χ0n) is 16.5. The minimum atomic E-state index is -0.443. The molecule has 1 heterocycles. The Morgan fingerprint density at radius 3 is 2.76 bits per heavy atom. The van der Waals surface area contributed by atoms with Gasteiger partial charge in [0.05, 0.1) is 12.8 Å². The molecule has 29 heavy (non-hydrogen) atoms. The third-order valence-electron chi connectivity index (χ3n) is 4.66. The zero-order valence-corrected chi connectivity index (χ0v) is 16.5. The number of halogens is 1. The Hall–Kier alpha value is -3.28. The van der Waals surface area contributed by atoms with Crippen LogP contribution in [0.2, 0.25) is 0 Å². The average Bonchev–Trinajstić information content (AvgIpc) is 3.27. The van der Waals surface area contributed by atoms with E-state index in [0.29, 0.717) is 18.1 Å². The molecular weight excluding hydrogens is 371 g/mol. The van der Waals surface area contributed by atoms with E-state index >= 15 is 0 Å². The van der Waals surface area contributed by atoms with Crippen molar-refractivity contribution in [2.45, 2.75) is 12.8 Å². The lowest BCUT2D eigenvalue weighted by Crippen LogP contribution is -2.21. The third-order valence-corrected chi connectivity index (χ3v) is 4.66. The highest BCUT2D eigenvalue weighted by Crippen LogP contribution is 2.31. The van der Waals surface area contributed by atoms with Crippen molar-refractivity contribution < 1.29 is 18.7 Å². The molecule has 1 amide bonds. The molecule has 1 N–H and O–H groups in total. The number of hydrogen-bond donors (Lipinski definition) is 1. The van der Waals surface area contributed by atoms with Crippen molar-refractivity contribution in [1.29, 1.82) is 0 Å². The van der Waals surface area contributed by atoms with Crippen LogP contribution in [0.15, 0.2) is 55.1 Å². The quantitative estimate of drug-likeness (QED) is 0.521. The molecule has 6 heteroatoms. The van der Waals surface area contributed by atoms with Crippen LogP contribution in [0.25, 0.3) is 6.08 Å². The smallest absolute Gasteiger partial charge is 0.248 e. The molecule has 5 nitrogen and oxygen atoms in total. The van der Waals surface area contributed by atoms with Gasteiger partial charge in [0, 0.05) is 19.2 Å². The van der Waals surface area contributed by atoms with Crippen LogP contribution >= 0.6 is 0 Å². The van der Waals surface area contributed by atoms with Gasteiger partial charge in [-0.15, -0.1) is 0 Å². The maximum Gasteiger partial charge on any atom is 0.248 e. The van der Waals surface area contributed by atoms with Gasteiger partial charge in [-0.1, -0.05) is 24.8 Å². The van der Waals surface area contributed by atoms with Crippen LogP contribution in [-0.4, -0.2) is 32.7 Å². The summed E-state index contributed by atoms with van der Waals surface area (Å²) in [4.78, 5) is 14.5. The highest BCUT2D eigenvalue weighted by Gasteiger charge is 2.19. The number of methoxy groups -OCH3 is 1. The molecule has 1 saturated heterocycles. The molecule has 0 aromatic heterocycles. The number of anilines is 2. The van der Waals surface area contributed by atoms with Crippen LogP contribution in [0, 0.1) is 5.82 Å². The van der Waals surface area contributed by atoms with E-state index in [2.05, 4.69) is 16.8 Å². The van der Waals surface area contributed by atoms with Gasteiger partial charge in [0.25, 0.3) is 0 Å². The first-order chi connectivity index (χ1) is 14.1. The Bertz CT molecular complexity index is 905. The molecular formula is C23H25FN2O3. The van der Waals surface area contributed by atoms with E-state index in [1.54, 1.807) is 37.5 Å². The normalized spacial score (nSPS) is 13.5. The van der Waals surface area contributed by atoms with Crippen LogP contribution in [0.5, 0.6) is 11.5 Å². The molecule has 0 spiro atoms. The fourth-order valence-corrected chi connectivity index (χ4v) is 3.25. The summed E-state index contributed by atoms with van der Waals surface area (Å²) in [7, 11) is 1.55. The van der Waals surface area contributed by atoms with E-state index < -0.39 is 11.7 Å². The highest BCUT2D eigenvalue weighted by atomic mass is 19.1. The van der Waals surface area contributed by atoms with E-state index in [1.165, 1.54) is 12.1 Å². The summed E-state index contributed by atoms with van der Waals surface area (Å²) < 4.78 is 25.2. The molecule has 2 aromatic rings. The summed E-state index contributed by atoms with van der Waals surface area (Å²) in [5.41, 5.74) is 1.70. The number of nitrogens with zero attached hydrogens (tertiary/aromatic N) is 1. The molecule has 0 atom stereocenters. The van der Waals surface area contributed by atoms with Gasteiger partial charge in [-0.3, -0.25) is 4.79 Å². The number of rotatable bonds is 8. The summed E-state index contributed by atoms with van der Waals surface area (Å²) in [6.45, 7) is 5.72. The van der Waals surface area contributed by atoms with Gasteiger partial charge in [0.1, 0.15) is 18.1 Å². The van der Waals surface area contributed by atoms with E-state index in [0.717, 1.165) is 37.2 Å². The molecule has 0 radical (unpaired) electrons. The lowest BCUT2D eigenvalue weighted by molar-refractivity contribution is -0.111. The summed E-state index contributed by atoms with van der Waals surface area (Å²) >= 11 is 0. The van der Waals surface area contributed by atoms with Crippen LogP contribution in [0.1, 0.15) is 18.4 Å². The molecule has 2 aromatic carbocycles. The fourth-order valence-electron chi connectivity index (χ4n) is 3.25. The number of benzene rings is 2. The molecule has 0 saturated carbocycles. The van der Waals surface area contributed by atoms with Gasteiger partial charge in [-0.05, 0) is 48.7 Å². The highest BCUT2D eigenvalue weighted by molar-refractivity contribution is 6.04. The Labute approximate surface area is 170 Å². The maximum absolute atomic E-state index is 14.4.